The Hall–Kier alpha value is -2.24. The molecule has 122 valence electrons. The smallest absolute Gasteiger partial charge is 0.228 e. The van der Waals surface area contributed by atoms with Gasteiger partial charge in [0.05, 0.1) is 0 Å². The minimum Gasteiger partial charge on any atom is -0.326 e. The Balaban J connectivity index is 1.75. The van der Waals surface area contributed by atoms with Gasteiger partial charge in [-0.3, -0.25) is 4.79 Å². The highest BCUT2D eigenvalue weighted by Crippen LogP contribution is 2.41. The molecular formula is C17H21FN4O. The first-order chi connectivity index (χ1) is 11.0. The van der Waals surface area contributed by atoms with Crippen LogP contribution in [-0.4, -0.2) is 20.7 Å². The molecule has 1 amide bonds. The van der Waals surface area contributed by atoms with Crippen LogP contribution in [0.15, 0.2) is 30.9 Å². The van der Waals surface area contributed by atoms with Crippen molar-refractivity contribution in [3.05, 3.63) is 36.7 Å². The van der Waals surface area contributed by atoms with Crippen molar-refractivity contribution in [3.8, 4) is 5.69 Å². The molecule has 0 saturated heterocycles. The molecule has 1 fully saturated rings. The minimum absolute atomic E-state index is 0.0124. The van der Waals surface area contributed by atoms with Crippen LogP contribution < -0.4 is 5.32 Å². The first kappa shape index (κ1) is 15.6. The van der Waals surface area contributed by atoms with Gasteiger partial charge in [0.1, 0.15) is 18.3 Å². The van der Waals surface area contributed by atoms with E-state index in [1.54, 1.807) is 12.1 Å². The Bertz CT molecular complexity index is 697. The monoisotopic (exact) mass is 316 g/mol. The van der Waals surface area contributed by atoms with Gasteiger partial charge in [-0.15, -0.1) is 0 Å². The zero-order valence-corrected chi connectivity index (χ0v) is 13.4. The molecule has 5 nitrogen and oxygen atoms in total. The van der Waals surface area contributed by atoms with Crippen molar-refractivity contribution in [2.45, 2.75) is 39.5 Å². The first-order valence-electron chi connectivity index (χ1n) is 7.93. The molecule has 1 N–H and O–H groups in total. The van der Waals surface area contributed by atoms with Crippen molar-refractivity contribution in [2.24, 2.45) is 11.3 Å². The summed E-state index contributed by atoms with van der Waals surface area (Å²) in [7, 11) is 0. The molecule has 1 aromatic heterocycles. The van der Waals surface area contributed by atoms with Crippen LogP contribution in [0, 0.1) is 17.2 Å². The van der Waals surface area contributed by atoms with E-state index in [-0.39, 0.29) is 17.2 Å². The average molecular weight is 316 g/mol. The molecule has 0 radical (unpaired) electrons. The summed E-state index contributed by atoms with van der Waals surface area (Å²) in [5, 5.41) is 6.76. The maximum absolute atomic E-state index is 14.2. The molecule has 1 saturated carbocycles. The third-order valence-corrected chi connectivity index (χ3v) is 4.70. The third-order valence-electron chi connectivity index (χ3n) is 4.70. The molecule has 1 aromatic carbocycles. The summed E-state index contributed by atoms with van der Waals surface area (Å²) in [6.07, 6.45) is 6.95. The molecule has 6 heteroatoms. The highest BCUT2D eigenvalue weighted by molar-refractivity contribution is 5.93. The standard InChI is InChI=1S/C17H21FN4O/c1-17(2)8-4-3-5-13(17)16(23)21-12-6-7-15(14(18)9-12)22-11-19-10-20-22/h6-7,9-11,13H,3-5,8H2,1-2H3,(H,21,23). The number of carbonyl (C=O) groups is 1. The molecule has 1 atom stereocenters. The van der Waals surface area contributed by atoms with Gasteiger partial charge in [-0.2, -0.15) is 5.10 Å². The lowest BCUT2D eigenvalue weighted by atomic mass is 9.68. The number of hydrogen-bond donors (Lipinski definition) is 1. The fourth-order valence-electron chi connectivity index (χ4n) is 3.31. The van der Waals surface area contributed by atoms with Crippen molar-refractivity contribution in [2.75, 3.05) is 5.32 Å². The number of nitrogens with one attached hydrogen (secondary N) is 1. The summed E-state index contributed by atoms with van der Waals surface area (Å²) >= 11 is 0. The Morgan fingerprint density at radius 1 is 1.39 bits per heavy atom. The highest BCUT2D eigenvalue weighted by atomic mass is 19.1. The van der Waals surface area contributed by atoms with Crippen molar-refractivity contribution in [1.82, 2.24) is 14.8 Å². The normalized spacial score (nSPS) is 20.2. The zero-order valence-electron chi connectivity index (χ0n) is 13.4. The van der Waals surface area contributed by atoms with E-state index in [1.807, 2.05) is 0 Å². The summed E-state index contributed by atoms with van der Waals surface area (Å²) in [6, 6.07) is 4.60. The number of amides is 1. The maximum atomic E-state index is 14.2. The van der Waals surface area contributed by atoms with Gasteiger partial charge >= 0.3 is 0 Å². The summed E-state index contributed by atoms with van der Waals surface area (Å²) in [5.74, 6) is -0.506. The summed E-state index contributed by atoms with van der Waals surface area (Å²) in [6.45, 7) is 4.26. The number of halogens is 1. The Kier molecular flexibility index (Phi) is 4.15. The van der Waals surface area contributed by atoms with E-state index >= 15 is 0 Å². The molecule has 1 aliphatic carbocycles. The maximum Gasteiger partial charge on any atom is 0.228 e. The van der Waals surface area contributed by atoms with Crippen LogP contribution in [0.4, 0.5) is 10.1 Å². The molecule has 0 aliphatic heterocycles. The van der Waals surface area contributed by atoms with Gasteiger partial charge in [-0.25, -0.2) is 14.1 Å². The number of benzene rings is 1. The number of rotatable bonds is 3. The van der Waals surface area contributed by atoms with E-state index in [0.717, 1.165) is 25.7 Å². The van der Waals surface area contributed by atoms with E-state index in [4.69, 9.17) is 0 Å². The van der Waals surface area contributed by atoms with Crippen LogP contribution in [0.25, 0.3) is 5.69 Å². The van der Waals surface area contributed by atoms with Gasteiger partial charge in [0.2, 0.25) is 5.91 Å². The predicted octanol–water partition coefficient (Wildman–Crippen LogP) is 3.56. The zero-order chi connectivity index (χ0) is 16.4. The van der Waals surface area contributed by atoms with E-state index in [0.29, 0.717) is 11.4 Å². The van der Waals surface area contributed by atoms with Gasteiger partial charge in [-0.1, -0.05) is 26.7 Å². The Morgan fingerprint density at radius 3 is 2.87 bits per heavy atom. The van der Waals surface area contributed by atoms with E-state index in [1.165, 1.54) is 23.4 Å². The van der Waals surface area contributed by atoms with Crippen molar-refractivity contribution in [1.29, 1.82) is 0 Å². The fourth-order valence-corrected chi connectivity index (χ4v) is 3.31. The molecule has 23 heavy (non-hydrogen) atoms. The largest absolute Gasteiger partial charge is 0.326 e. The minimum atomic E-state index is -0.448. The average Bonchev–Trinajstić information content (AvgIpc) is 3.00. The van der Waals surface area contributed by atoms with Crippen LogP contribution in [0.5, 0.6) is 0 Å². The van der Waals surface area contributed by atoms with Gasteiger partial charge < -0.3 is 5.32 Å². The van der Waals surface area contributed by atoms with Crippen LogP contribution in [0.3, 0.4) is 0 Å². The first-order valence-corrected chi connectivity index (χ1v) is 7.93. The van der Waals surface area contributed by atoms with Crippen LogP contribution in [0.1, 0.15) is 39.5 Å². The number of hydrogen-bond acceptors (Lipinski definition) is 3. The topological polar surface area (TPSA) is 59.8 Å². The van der Waals surface area contributed by atoms with Crippen LogP contribution >= 0.6 is 0 Å². The molecule has 1 aliphatic rings. The number of nitrogens with zero attached hydrogens (tertiary/aromatic N) is 3. The summed E-state index contributed by atoms with van der Waals surface area (Å²) in [5.41, 5.74) is 0.762. The van der Waals surface area contributed by atoms with Crippen molar-refractivity contribution < 1.29 is 9.18 Å². The Morgan fingerprint density at radius 2 is 2.22 bits per heavy atom. The van der Waals surface area contributed by atoms with Crippen LogP contribution in [-0.2, 0) is 4.79 Å². The van der Waals surface area contributed by atoms with Gasteiger partial charge in [0.25, 0.3) is 0 Å². The van der Waals surface area contributed by atoms with Crippen LogP contribution in [0.2, 0.25) is 0 Å². The number of carbonyl (C=O) groups excluding carboxylic acids is 1. The number of aromatic nitrogens is 3. The molecule has 2 aromatic rings. The highest BCUT2D eigenvalue weighted by Gasteiger charge is 2.37. The lowest BCUT2D eigenvalue weighted by Gasteiger charge is -2.37. The molecule has 1 unspecified atom stereocenters. The summed E-state index contributed by atoms with van der Waals surface area (Å²) in [4.78, 5) is 16.3. The van der Waals surface area contributed by atoms with E-state index < -0.39 is 5.82 Å². The van der Waals surface area contributed by atoms with E-state index in [2.05, 4.69) is 29.2 Å². The molecule has 3 rings (SSSR count). The second kappa shape index (κ2) is 6.10. The van der Waals surface area contributed by atoms with Crippen molar-refractivity contribution >= 4 is 11.6 Å². The van der Waals surface area contributed by atoms with Gasteiger partial charge in [0.15, 0.2) is 5.82 Å². The summed E-state index contributed by atoms with van der Waals surface area (Å²) < 4.78 is 15.6. The molecule has 0 spiro atoms. The second-order valence-corrected chi connectivity index (χ2v) is 6.78. The quantitative estimate of drug-likeness (QED) is 0.942. The third kappa shape index (κ3) is 3.25. The van der Waals surface area contributed by atoms with Gasteiger partial charge in [-0.05, 0) is 36.5 Å². The lowest BCUT2D eigenvalue weighted by molar-refractivity contribution is -0.124. The van der Waals surface area contributed by atoms with E-state index in [9.17, 15) is 9.18 Å². The second-order valence-electron chi connectivity index (χ2n) is 6.78. The molecule has 1 heterocycles. The van der Waals surface area contributed by atoms with Gasteiger partial charge in [0, 0.05) is 11.6 Å². The predicted molar refractivity (Wildman–Crippen MR) is 85.7 cm³/mol. The lowest BCUT2D eigenvalue weighted by Crippen LogP contribution is -2.37. The number of anilines is 1. The molecular weight excluding hydrogens is 295 g/mol. The molecule has 0 bridgehead atoms. The fraction of sp³-hybridized carbons (Fsp3) is 0.471. The van der Waals surface area contributed by atoms with Crippen molar-refractivity contribution in [3.63, 3.8) is 0 Å². The Labute approximate surface area is 134 Å². The SMILES string of the molecule is CC1(C)CCCCC1C(=O)Nc1ccc(-n2cncn2)c(F)c1.